The second kappa shape index (κ2) is 3.18. The van der Waals surface area contributed by atoms with Gasteiger partial charge in [-0.2, -0.15) is 12.6 Å². The summed E-state index contributed by atoms with van der Waals surface area (Å²) in [5.74, 6) is 0.972. The van der Waals surface area contributed by atoms with Gasteiger partial charge in [0, 0.05) is 5.75 Å². The quantitative estimate of drug-likeness (QED) is 0.407. The van der Waals surface area contributed by atoms with Crippen molar-refractivity contribution in [3.05, 3.63) is 11.6 Å². The van der Waals surface area contributed by atoms with Crippen LogP contribution in [0.25, 0.3) is 0 Å². The van der Waals surface area contributed by atoms with Crippen molar-refractivity contribution in [3.63, 3.8) is 0 Å². The zero-order chi connectivity index (χ0) is 5.82. The lowest BCUT2D eigenvalue weighted by molar-refractivity contribution is 0.703. The molecule has 0 N–H and O–H groups in total. The number of allylic oxidation sites excluding steroid dienone is 1. The number of rotatable bonds is 1. The van der Waals surface area contributed by atoms with Gasteiger partial charge in [0.2, 0.25) is 0 Å². The molecule has 0 aliphatic heterocycles. The largest absolute Gasteiger partial charge is 0.175 e. The van der Waals surface area contributed by atoms with Gasteiger partial charge in [-0.15, -0.1) is 0 Å². The Hall–Kier alpha value is 0.0900. The molecule has 0 unspecified atom stereocenters. The Morgan fingerprint density at radius 3 is 2.75 bits per heavy atom. The third-order valence-electron chi connectivity index (χ3n) is 1.59. The predicted molar refractivity (Wildman–Crippen MR) is 40.4 cm³/mol. The van der Waals surface area contributed by atoms with Gasteiger partial charge in [-0.25, -0.2) is 0 Å². The Bertz CT molecular complexity index is 94.6. The van der Waals surface area contributed by atoms with Crippen molar-refractivity contribution in [1.82, 2.24) is 0 Å². The zero-order valence-electron chi connectivity index (χ0n) is 5.06. The van der Waals surface area contributed by atoms with Crippen LogP contribution < -0.4 is 0 Å². The van der Waals surface area contributed by atoms with Crippen LogP contribution in [0.15, 0.2) is 11.6 Å². The summed E-state index contributed by atoms with van der Waals surface area (Å²) in [5, 5.41) is 0. The van der Waals surface area contributed by atoms with Crippen LogP contribution in [0.4, 0.5) is 0 Å². The molecule has 0 aromatic carbocycles. The van der Waals surface area contributed by atoms with Crippen LogP contribution in [0.5, 0.6) is 0 Å². The Morgan fingerprint density at radius 2 is 2.38 bits per heavy atom. The lowest BCUT2D eigenvalue weighted by Gasteiger charge is -2.08. The van der Waals surface area contributed by atoms with E-state index in [1.807, 2.05) is 0 Å². The van der Waals surface area contributed by atoms with Gasteiger partial charge >= 0.3 is 0 Å². The molecular formula is C7H12S. The van der Waals surface area contributed by atoms with E-state index in [2.05, 4.69) is 18.7 Å². The second-order valence-electron chi connectivity index (χ2n) is 2.27. The van der Waals surface area contributed by atoms with Crippen molar-refractivity contribution in [1.29, 1.82) is 0 Å². The van der Waals surface area contributed by atoms with Gasteiger partial charge in [0.15, 0.2) is 0 Å². The Morgan fingerprint density at radius 1 is 1.50 bits per heavy atom. The lowest BCUT2D eigenvalue weighted by atomic mass is 10.0. The van der Waals surface area contributed by atoms with Crippen molar-refractivity contribution in [2.75, 3.05) is 5.75 Å². The first-order valence-electron chi connectivity index (χ1n) is 3.22. The van der Waals surface area contributed by atoms with E-state index in [1.54, 1.807) is 5.57 Å². The van der Waals surface area contributed by atoms with Crippen molar-refractivity contribution < 1.29 is 0 Å². The van der Waals surface area contributed by atoms with Crippen LogP contribution in [-0.4, -0.2) is 5.75 Å². The summed E-state index contributed by atoms with van der Waals surface area (Å²) in [7, 11) is 0. The Balaban J connectivity index is 2.37. The highest BCUT2D eigenvalue weighted by molar-refractivity contribution is 7.80. The number of thiol groups is 1. The molecule has 1 aliphatic rings. The fourth-order valence-electron chi connectivity index (χ4n) is 1.05. The summed E-state index contributed by atoms with van der Waals surface area (Å²) in [5.41, 5.74) is 1.54. The van der Waals surface area contributed by atoms with Gasteiger partial charge in [0.05, 0.1) is 0 Å². The van der Waals surface area contributed by atoms with E-state index in [9.17, 15) is 0 Å². The fourth-order valence-corrected chi connectivity index (χ4v) is 1.34. The van der Waals surface area contributed by atoms with Crippen LogP contribution in [0.3, 0.4) is 0 Å². The Labute approximate surface area is 56.4 Å². The summed E-state index contributed by atoms with van der Waals surface area (Å²) in [6, 6.07) is 0. The molecule has 1 heteroatoms. The summed E-state index contributed by atoms with van der Waals surface area (Å²) < 4.78 is 0. The lowest BCUT2D eigenvalue weighted by Crippen LogP contribution is -1.91. The third-order valence-corrected chi connectivity index (χ3v) is 1.99. The first-order valence-corrected chi connectivity index (χ1v) is 3.85. The molecule has 46 valence electrons. The molecule has 1 aliphatic carbocycles. The van der Waals surface area contributed by atoms with Crippen LogP contribution in [0.1, 0.15) is 25.7 Å². The van der Waals surface area contributed by atoms with E-state index in [4.69, 9.17) is 0 Å². The maximum Gasteiger partial charge on any atom is 0.0112 e. The second-order valence-corrected chi connectivity index (χ2v) is 2.58. The van der Waals surface area contributed by atoms with Crippen LogP contribution in [0, 0.1) is 0 Å². The molecule has 0 saturated heterocycles. The molecule has 0 spiro atoms. The molecule has 0 nitrogen and oxygen atoms in total. The number of hydrogen-bond acceptors (Lipinski definition) is 1. The van der Waals surface area contributed by atoms with Gasteiger partial charge in [-0.05, 0) is 25.7 Å². The monoisotopic (exact) mass is 128 g/mol. The molecule has 0 amide bonds. The highest BCUT2D eigenvalue weighted by Crippen LogP contribution is 2.17. The van der Waals surface area contributed by atoms with E-state index >= 15 is 0 Å². The summed E-state index contributed by atoms with van der Waals surface area (Å²) >= 11 is 4.20. The van der Waals surface area contributed by atoms with E-state index in [1.165, 1.54) is 25.7 Å². The molecule has 0 bridgehead atoms. The van der Waals surface area contributed by atoms with E-state index in [0.717, 1.165) is 5.75 Å². The molecule has 0 aromatic heterocycles. The standard InChI is InChI=1S/C7H12S/c8-6-7-4-2-1-3-5-7/h4,8H,1-3,5-6H2. The average Bonchev–Trinajstić information content (AvgIpc) is 1.90. The van der Waals surface area contributed by atoms with Crippen molar-refractivity contribution in [3.8, 4) is 0 Å². The molecule has 0 atom stereocenters. The maximum absolute atomic E-state index is 4.20. The minimum atomic E-state index is 0.972. The van der Waals surface area contributed by atoms with E-state index < -0.39 is 0 Å². The predicted octanol–water partition coefficient (Wildman–Crippen LogP) is 2.42. The average molecular weight is 128 g/mol. The fraction of sp³-hybridized carbons (Fsp3) is 0.714. The molecule has 8 heavy (non-hydrogen) atoms. The third kappa shape index (κ3) is 1.55. The maximum atomic E-state index is 4.20. The summed E-state index contributed by atoms with van der Waals surface area (Å²) in [6.45, 7) is 0. The smallest absolute Gasteiger partial charge is 0.0112 e. The molecule has 0 saturated carbocycles. The molecule has 0 radical (unpaired) electrons. The highest BCUT2D eigenvalue weighted by atomic mass is 32.1. The molecule has 0 aromatic rings. The molecular weight excluding hydrogens is 116 g/mol. The van der Waals surface area contributed by atoms with Crippen molar-refractivity contribution >= 4 is 12.6 Å². The minimum Gasteiger partial charge on any atom is -0.175 e. The van der Waals surface area contributed by atoms with E-state index in [0.29, 0.717) is 0 Å². The highest BCUT2D eigenvalue weighted by Gasteiger charge is 1.99. The summed E-state index contributed by atoms with van der Waals surface area (Å²) in [4.78, 5) is 0. The van der Waals surface area contributed by atoms with Gasteiger partial charge in [-0.3, -0.25) is 0 Å². The van der Waals surface area contributed by atoms with Crippen LogP contribution >= 0.6 is 12.6 Å². The first kappa shape index (κ1) is 6.21. The van der Waals surface area contributed by atoms with Gasteiger partial charge in [0.1, 0.15) is 0 Å². The first-order chi connectivity index (χ1) is 3.93. The molecule has 0 heterocycles. The summed E-state index contributed by atoms with van der Waals surface area (Å²) in [6.07, 6.45) is 7.68. The minimum absolute atomic E-state index is 0.972. The normalized spacial score (nSPS) is 20.4. The number of hydrogen-bond donors (Lipinski definition) is 1. The van der Waals surface area contributed by atoms with E-state index in [-0.39, 0.29) is 0 Å². The molecule has 1 rings (SSSR count). The van der Waals surface area contributed by atoms with Crippen LogP contribution in [0.2, 0.25) is 0 Å². The Kier molecular flexibility index (Phi) is 2.47. The van der Waals surface area contributed by atoms with Crippen LogP contribution in [-0.2, 0) is 0 Å². The van der Waals surface area contributed by atoms with Gasteiger partial charge in [0.25, 0.3) is 0 Å². The zero-order valence-corrected chi connectivity index (χ0v) is 5.95. The van der Waals surface area contributed by atoms with Crippen molar-refractivity contribution in [2.45, 2.75) is 25.7 Å². The van der Waals surface area contributed by atoms with Gasteiger partial charge in [-0.1, -0.05) is 11.6 Å². The van der Waals surface area contributed by atoms with Gasteiger partial charge < -0.3 is 0 Å². The molecule has 0 fully saturated rings. The topological polar surface area (TPSA) is 0 Å². The van der Waals surface area contributed by atoms with Crippen molar-refractivity contribution in [2.24, 2.45) is 0 Å². The SMILES string of the molecule is SCC1=CCCCC1.